The standard InChI is InChI=1S/C22H39NO4Si/c1-17-14-18(16-19(25)8-5-6-11-24)20-9-7-10-23(21(20)15-17)22(26)27-12-13-28(2,3)4/h17-21,24-25H,6-7,9-16H2,1-4H3/t17-,18-,19?,20-,21+/m1/s1. The number of hydrogen-bond acceptors (Lipinski definition) is 4. The molecule has 2 N–H and O–H groups in total. The third-order valence-corrected chi connectivity index (χ3v) is 7.83. The molecule has 1 unspecified atom stereocenters. The van der Waals surface area contributed by atoms with Crippen molar-refractivity contribution < 1.29 is 19.7 Å². The highest BCUT2D eigenvalue weighted by Crippen LogP contribution is 2.43. The average Bonchev–Trinajstić information content (AvgIpc) is 2.60. The van der Waals surface area contributed by atoms with Crippen molar-refractivity contribution in [3.63, 3.8) is 0 Å². The monoisotopic (exact) mass is 409 g/mol. The van der Waals surface area contributed by atoms with Gasteiger partial charge in [-0.1, -0.05) is 38.4 Å². The van der Waals surface area contributed by atoms with Gasteiger partial charge in [0.1, 0.15) is 6.10 Å². The predicted octanol–water partition coefficient (Wildman–Crippen LogP) is 3.72. The molecule has 2 rings (SSSR count). The van der Waals surface area contributed by atoms with Gasteiger partial charge in [-0.3, -0.25) is 0 Å². The Labute approximate surface area is 171 Å². The van der Waals surface area contributed by atoms with E-state index in [1.54, 1.807) is 0 Å². The molecular weight excluding hydrogens is 370 g/mol. The van der Waals surface area contributed by atoms with Crippen LogP contribution in [0.15, 0.2) is 0 Å². The molecule has 1 aliphatic heterocycles. The number of carbonyl (C=O) groups excluding carboxylic acids is 1. The highest BCUT2D eigenvalue weighted by Gasteiger charge is 2.43. The van der Waals surface area contributed by atoms with E-state index in [2.05, 4.69) is 38.4 Å². The van der Waals surface area contributed by atoms with Crippen molar-refractivity contribution in [2.24, 2.45) is 17.8 Å². The van der Waals surface area contributed by atoms with Gasteiger partial charge in [0.15, 0.2) is 0 Å². The molecule has 28 heavy (non-hydrogen) atoms. The van der Waals surface area contributed by atoms with Gasteiger partial charge in [-0.2, -0.15) is 0 Å². The van der Waals surface area contributed by atoms with Crippen LogP contribution in [0.25, 0.3) is 0 Å². The molecule has 1 saturated heterocycles. The number of nitrogens with zero attached hydrogens (tertiary/aromatic N) is 1. The van der Waals surface area contributed by atoms with E-state index in [-0.39, 0.29) is 18.7 Å². The molecule has 0 bridgehead atoms. The normalized spacial score (nSPS) is 28.7. The fourth-order valence-corrected chi connectivity index (χ4v) is 5.47. The third-order valence-electron chi connectivity index (χ3n) is 6.13. The molecule has 0 aromatic heterocycles. The molecule has 0 radical (unpaired) electrons. The van der Waals surface area contributed by atoms with Crippen LogP contribution in [0.1, 0.15) is 45.4 Å². The zero-order valence-corrected chi connectivity index (χ0v) is 19.1. The smallest absolute Gasteiger partial charge is 0.410 e. The van der Waals surface area contributed by atoms with E-state index in [1.807, 2.05) is 4.90 Å². The number of fused-ring (bicyclic) bond motifs is 1. The van der Waals surface area contributed by atoms with Crippen molar-refractivity contribution in [3.05, 3.63) is 0 Å². The van der Waals surface area contributed by atoms with E-state index >= 15 is 0 Å². The Morgan fingerprint density at radius 2 is 2.07 bits per heavy atom. The van der Waals surface area contributed by atoms with E-state index in [4.69, 9.17) is 9.84 Å². The van der Waals surface area contributed by atoms with Gasteiger partial charge in [0.2, 0.25) is 0 Å². The molecule has 2 aliphatic rings. The minimum absolute atomic E-state index is 0.0274. The van der Waals surface area contributed by atoms with Crippen molar-refractivity contribution in [3.8, 4) is 11.8 Å². The first-order chi connectivity index (χ1) is 13.2. The van der Waals surface area contributed by atoms with Crippen molar-refractivity contribution in [1.82, 2.24) is 4.90 Å². The number of rotatable bonds is 6. The van der Waals surface area contributed by atoms with Gasteiger partial charge in [-0.05, 0) is 55.9 Å². The molecule has 0 aromatic carbocycles. The van der Waals surface area contributed by atoms with E-state index in [1.165, 1.54) is 0 Å². The minimum Gasteiger partial charge on any atom is -0.450 e. The third kappa shape index (κ3) is 7.09. The highest BCUT2D eigenvalue weighted by molar-refractivity contribution is 6.76. The van der Waals surface area contributed by atoms with Crippen LogP contribution in [0.2, 0.25) is 25.7 Å². The second-order valence-corrected chi connectivity index (χ2v) is 15.5. The predicted molar refractivity (Wildman–Crippen MR) is 115 cm³/mol. The van der Waals surface area contributed by atoms with Gasteiger partial charge in [0.05, 0.1) is 13.2 Å². The number of hydrogen-bond donors (Lipinski definition) is 2. The Hall–Kier alpha value is -1.03. The van der Waals surface area contributed by atoms with Crippen LogP contribution < -0.4 is 0 Å². The topological polar surface area (TPSA) is 70.0 Å². The van der Waals surface area contributed by atoms with Gasteiger partial charge >= 0.3 is 6.09 Å². The first-order valence-electron chi connectivity index (χ1n) is 10.9. The summed E-state index contributed by atoms with van der Waals surface area (Å²) in [5, 5.41) is 19.2. The highest BCUT2D eigenvalue weighted by atomic mass is 28.3. The SMILES string of the molecule is C[C@@H]1C[C@H](CC(O)C#CCCO)[C@H]2CCCN(C(=O)OCC[Si](C)(C)C)[C@H]2C1. The summed E-state index contributed by atoms with van der Waals surface area (Å²) in [7, 11) is -1.21. The number of carbonyl (C=O) groups is 1. The van der Waals surface area contributed by atoms with Crippen molar-refractivity contribution >= 4 is 14.2 Å². The van der Waals surface area contributed by atoms with Crippen LogP contribution in [-0.2, 0) is 4.74 Å². The van der Waals surface area contributed by atoms with Gasteiger partial charge in [-0.25, -0.2) is 4.79 Å². The molecule has 0 aromatic rings. The maximum absolute atomic E-state index is 12.8. The Morgan fingerprint density at radius 1 is 1.32 bits per heavy atom. The summed E-state index contributed by atoms with van der Waals surface area (Å²) in [6, 6.07) is 1.22. The van der Waals surface area contributed by atoms with Crippen molar-refractivity contribution in [2.75, 3.05) is 19.8 Å². The fraction of sp³-hybridized carbons (Fsp3) is 0.864. The average molecular weight is 410 g/mol. The maximum atomic E-state index is 12.8. The summed E-state index contributed by atoms with van der Waals surface area (Å²) < 4.78 is 5.65. The Kier molecular flexibility index (Phi) is 8.85. The van der Waals surface area contributed by atoms with E-state index < -0.39 is 14.2 Å². The lowest BCUT2D eigenvalue weighted by Crippen LogP contribution is -2.54. The number of likely N-dealkylation sites (tertiary alicyclic amines) is 1. The molecule has 1 amide bonds. The summed E-state index contributed by atoms with van der Waals surface area (Å²) in [6.45, 7) is 10.5. The second-order valence-electron chi connectivity index (χ2n) is 9.87. The zero-order valence-electron chi connectivity index (χ0n) is 18.1. The van der Waals surface area contributed by atoms with Gasteiger partial charge < -0.3 is 19.8 Å². The summed E-state index contributed by atoms with van der Waals surface area (Å²) in [5.41, 5.74) is 0. The lowest BCUT2D eigenvalue weighted by molar-refractivity contribution is -0.00587. The van der Waals surface area contributed by atoms with Crippen LogP contribution in [0.4, 0.5) is 4.79 Å². The van der Waals surface area contributed by atoms with Crippen LogP contribution >= 0.6 is 0 Å². The molecule has 5 nitrogen and oxygen atoms in total. The summed E-state index contributed by atoms with van der Waals surface area (Å²) in [6.07, 6.45) is 4.48. The molecule has 0 spiro atoms. The number of aliphatic hydroxyl groups is 2. The summed E-state index contributed by atoms with van der Waals surface area (Å²) >= 11 is 0. The number of amides is 1. The second kappa shape index (κ2) is 10.7. The molecule has 2 fully saturated rings. The van der Waals surface area contributed by atoms with Crippen molar-refractivity contribution in [1.29, 1.82) is 0 Å². The van der Waals surface area contributed by atoms with Crippen LogP contribution in [-0.4, -0.2) is 61.2 Å². The first-order valence-corrected chi connectivity index (χ1v) is 14.6. The fourth-order valence-electron chi connectivity index (χ4n) is 4.76. The minimum atomic E-state index is -1.21. The molecular formula is C22H39NO4Si. The van der Waals surface area contributed by atoms with E-state index in [0.717, 1.165) is 38.3 Å². The molecule has 1 aliphatic carbocycles. The van der Waals surface area contributed by atoms with Gasteiger partial charge in [0.25, 0.3) is 0 Å². The largest absolute Gasteiger partial charge is 0.450 e. The maximum Gasteiger partial charge on any atom is 0.410 e. The zero-order chi connectivity index (χ0) is 20.7. The number of piperidine rings is 1. The number of ether oxygens (including phenoxy) is 1. The quantitative estimate of drug-likeness (QED) is 0.518. The summed E-state index contributed by atoms with van der Waals surface area (Å²) in [5.74, 6) is 7.03. The Bertz CT molecular complexity index is 565. The summed E-state index contributed by atoms with van der Waals surface area (Å²) in [4.78, 5) is 14.7. The Balaban J connectivity index is 1.99. The van der Waals surface area contributed by atoms with Crippen LogP contribution in [0.3, 0.4) is 0 Å². The number of aliphatic hydroxyl groups excluding tert-OH is 2. The van der Waals surface area contributed by atoms with Gasteiger partial charge in [0, 0.05) is 27.1 Å². The lowest BCUT2D eigenvalue weighted by Gasteiger charge is -2.49. The van der Waals surface area contributed by atoms with Crippen LogP contribution in [0.5, 0.6) is 0 Å². The van der Waals surface area contributed by atoms with E-state index in [9.17, 15) is 9.90 Å². The molecule has 1 heterocycles. The van der Waals surface area contributed by atoms with Crippen LogP contribution in [0, 0.1) is 29.6 Å². The van der Waals surface area contributed by atoms with E-state index in [0.29, 0.717) is 37.2 Å². The molecule has 160 valence electrons. The molecule has 5 atom stereocenters. The van der Waals surface area contributed by atoms with Crippen molar-refractivity contribution in [2.45, 2.75) is 83.3 Å². The first kappa shape index (κ1) is 23.2. The molecule has 1 saturated carbocycles. The lowest BCUT2D eigenvalue weighted by atomic mass is 9.66. The Morgan fingerprint density at radius 3 is 2.75 bits per heavy atom. The van der Waals surface area contributed by atoms with Gasteiger partial charge in [-0.15, -0.1) is 0 Å². The molecule has 6 heteroatoms.